The third kappa shape index (κ3) is 4.75. The van der Waals surface area contributed by atoms with E-state index in [2.05, 4.69) is 10.3 Å². The molecule has 1 aromatic heterocycles. The van der Waals surface area contributed by atoms with E-state index >= 15 is 0 Å². The minimum atomic E-state index is -3.48. The van der Waals surface area contributed by atoms with Gasteiger partial charge in [-0.05, 0) is 50.6 Å². The number of hydrogen-bond donors (Lipinski definition) is 1. The number of halogens is 3. The van der Waals surface area contributed by atoms with Crippen LogP contribution in [0.15, 0.2) is 35.2 Å². The van der Waals surface area contributed by atoms with Gasteiger partial charge in [0, 0.05) is 31.2 Å². The van der Waals surface area contributed by atoms with Gasteiger partial charge in [0.2, 0.25) is 0 Å². The Hall–Kier alpha value is -3.08. The van der Waals surface area contributed by atoms with Gasteiger partial charge in [-0.2, -0.15) is 0 Å². The summed E-state index contributed by atoms with van der Waals surface area (Å²) in [6.45, 7) is 5.15. The molecule has 0 fully saturated rings. The molecule has 0 radical (unpaired) electrons. The van der Waals surface area contributed by atoms with Crippen LogP contribution in [0.4, 0.5) is 18.0 Å². The lowest BCUT2D eigenvalue weighted by atomic mass is 9.85. The maximum absolute atomic E-state index is 14.7. The number of benzene rings is 2. The number of aromatic nitrogens is 2. The molecule has 4 rings (SSSR count). The smallest absolute Gasteiger partial charge is 0.407 e. The van der Waals surface area contributed by atoms with E-state index in [1.807, 2.05) is 0 Å². The number of nitrogens with zero attached hydrogens (tertiary/aromatic N) is 2. The minimum absolute atomic E-state index is 0.0847. The van der Waals surface area contributed by atoms with Crippen LogP contribution in [0.3, 0.4) is 0 Å². The van der Waals surface area contributed by atoms with Crippen molar-refractivity contribution in [2.24, 2.45) is 0 Å². The average molecular weight is 496 g/mol. The number of carbonyl (C=O) groups excluding carboxylic acids is 1. The van der Waals surface area contributed by atoms with Crippen molar-refractivity contribution in [2.45, 2.75) is 56.2 Å². The average Bonchev–Trinajstić information content (AvgIpc) is 3.05. The van der Waals surface area contributed by atoms with Crippen molar-refractivity contribution in [1.29, 1.82) is 0 Å². The van der Waals surface area contributed by atoms with Crippen LogP contribution in [0.2, 0.25) is 0 Å². The molecule has 2 heterocycles. The number of nitrogens with one attached hydrogen (secondary N) is 1. The van der Waals surface area contributed by atoms with E-state index in [-0.39, 0.29) is 23.4 Å². The fourth-order valence-corrected chi connectivity index (χ4v) is 4.80. The van der Waals surface area contributed by atoms with Gasteiger partial charge < -0.3 is 14.6 Å². The SMILES string of the molecule is CC(C)(C)OC(=O)N[C@H]1Cn2c(nc3ccc(S(C)(=O)=O)cc32)C[C@@H]1c1cc(F)c(F)cc1F. The molecule has 2 atom stereocenters. The van der Waals surface area contributed by atoms with Gasteiger partial charge in [0.1, 0.15) is 17.2 Å². The molecule has 0 unspecified atom stereocenters. The standard InChI is InChI=1S/C23H24F3N3O4S/c1-23(2,3)33-22(30)28-19-11-29-20-7-12(34(4,31)32)5-6-18(20)27-21(29)9-14(19)13-8-16(25)17(26)10-15(13)24/h5-8,10,14,19H,9,11H2,1-4H3,(H,28,30)/t14-,19+/m1/s1. The second-order valence-corrected chi connectivity index (χ2v) is 11.4. The fourth-order valence-electron chi connectivity index (χ4n) is 4.16. The lowest BCUT2D eigenvalue weighted by Gasteiger charge is -2.34. The summed E-state index contributed by atoms with van der Waals surface area (Å²) in [6, 6.07) is 5.00. The summed E-state index contributed by atoms with van der Waals surface area (Å²) in [7, 11) is -3.48. The van der Waals surface area contributed by atoms with Gasteiger partial charge in [-0.1, -0.05) is 0 Å². The van der Waals surface area contributed by atoms with Crippen molar-refractivity contribution in [3.05, 3.63) is 59.2 Å². The third-order valence-corrected chi connectivity index (χ3v) is 6.75. The minimum Gasteiger partial charge on any atom is -0.444 e. The van der Waals surface area contributed by atoms with Crippen molar-refractivity contribution < 1.29 is 31.1 Å². The van der Waals surface area contributed by atoms with E-state index in [1.54, 1.807) is 31.4 Å². The summed E-state index contributed by atoms with van der Waals surface area (Å²) in [5.41, 5.74) is 0.150. The highest BCUT2D eigenvalue weighted by molar-refractivity contribution is 7.90. The number of rotatable bonds is 3. The summed E-state index contributed by atoms with van der Waals surface area (Å²) in [5, 5.41) is 2.71. The van der Waals surface area contributed by atoms with Gasteiger partial charge in [-0.3, -0.25) is 0 Å². The van der Waals surface area contributed by atoms with Crippen molar-refractivity contribution >= 4 is 27.0 Å². The second-order valence-electron chi connectivity index (χ2n) is 9.41. The zero-order valence-corrected chi connectivity index (χ0v) is 19.8. The summed E-state index contributed by atoms with van der Waals surface area (Å²) in [6.07, 6.45) is 0.428. The molecule has 11 heteroatoms. The Labute approximate surface area is 194 Å². The Bertz CT molecular complexity index is 1400. The van der Waals surface area contributed by atoms with Gasteiger partial charge in [0.05, 0.1) is 22.0 Å². The first-order valence-electron chi connectivity index (χ1n) is 10.6. The summed E-state index contributed by atoms with van der Waals surface area (Å²) >= 11 is 0. The van der Waals surface area contributed by atoms with Crippen molar-refractivity contribution in [2.75, 3.05) is 6.26 Å². The van der Waals surface area contributed by atoms with Gasteiger partial charge in [0.25, 0.3) is 0 Å². The van der Waals surface area contributed by atoms with Gasteiger partial charge in [0.15, 0.2) is 21.5 Å². The number of alkyl carbamates (subject to hydrolysis) is 1. The number of fused-ring (bicyclic) bond motifs is 3. The van der Waals surface area contributed by atoms with E-state index in [4.69, 9.17) is 4.74 Å². The maximum atomic E-state index is 14.7. The van der Waals surface area contributed by atoms with E-state index in [9.17, 15) is 26.4 Å². The zero-order valence-electron chi connectivity index (χ0n) is 19.0. The Morgan fingerprint density at radius 2 is 1.79 bits per heavy atom. The van der Waals surface area contributed by atoms with Crippen molar-refractivity contribution in [1.82, 2.24) is 14.9 Å². The Kier molecular flexibility index (Phi) is 5.87. The van der Waals surface area contributed by atoms with Crippen LogP contribution < -0.4 is 5.32 Å². The molecule has 182 valence electrons. The number of carbonyl (C=O) groups is 1. The summed E-state index contributed by atoms with van der Waals surface area (Å²) in [5.74, 6) is -3.74. The van der Waals surface area contributed by atoms with E-state index in [0.29, 0.717) is 22.9 Å². The van der Waals surface area contributed by atoms with Crippen LogP contribution in [0.5, 0.6) is 0 Å². The molecule has 7 nitrogen and oxygen atoms in total. The Morgan fingerprint density at radius 3 is 2.44 bits per heavy atom. The van der Waals surface area contributed by atoms with Crippen LogP contribution in [0, 0.1) is 17.5 Å². The first kappa shape index (κ1) is 24.1. The third-order valence-electron chi connectivity index (χ3n) is 5.64. The number of imidazole rings is 1. The van der Waals surface area contributed by atoms with Crippen molar-refractivity contribution in [3.8, 4) is 0 Å². The molecule has 0 aliphatic carbocycles. The van der Waals surface area contributed by atoms with Crippen LogP contribution in [0.25, 0.3) is 11.0 Å². The fraction of sp³-hybridized carbons (Fsp3) is 0.391. The molecule has 0 bridgehead atoms. The molecule has 34 heavy (non-hydrogen) atoms. The number of hydrogen-bond acceptors (Lipinski definition) is 5. The van der Waals surface area contributed by atoms with Crippen molar-refractivity contribution in [3.63, 3.8) is 0 Å². The summed E-state index contributed by atoms with van der Waals surface area (Å²) in [4.78, 5) is 17.2. The molecule has 0 saturated heterocycles. The quantitative estimate of drug-likeness (QED) is 0.553. The number of amides is 1. The zero-order chi connectivity index (χ0) is 25.0. The molecule has 1 amide bonds. The van der Waals surface area contributed by atoms with E-state index < -0.39 is 50.9 Å². The Balaban J connectivity index is 1.80. The normalized spacial score (nSPS) is 18.6. The lowest BCUT2D eigenvalue weighted by Crippen LogP contribution is -2.47. The molecule has 1 aliphatic rings. The van der Waals surface area contributed by atoms with Crippen LogP contribution in [0.1, 0.15) is 38.1 Å². The molecule has 1 N–H and O–H groups in total. The molecular weight excluding hydrogens is 471 g/mol. The largest absolute Gasteiger partial charge is 0.444 e. The molecule has 1 aliphatic heterocycles. The molecule has 2 aromatic carbocycles. The van der Waals surface area contributed by atoms with E-state index in [1.165, 1.54) is 12.1 Å². The first-order valence-corrected chi connectivity index (χ1v) is 12.5. The maximum Gasteiger partial charge on any atom is 0.407 e. The van der Waals surface area contributed by atoms with E-state index in [0.717, 1.165) is 12.3 Å². The van der Waals surface area contributed by atoms with Crippen LogP contribution >= 0.6 is 0 Å². The second kappa shape index (κ2) is 8.30. The van der Waals surface area contributed by atoms with Gasteiger partial charge in [-0.15, -0.1) is 0 Å². The molecule has 3 aromatic rings. The lowest BCUT2D eigenvalue weighted by molar-refractivity contribution is 0.0485. The Morgan fingerprint density at radius 1 is 1.12 bits per heavy atom. The first-order chi connectivity index (χ1) is 15.7. The van der Waals surface area contributed by atoms with Crippen LogP contribution in [-0.4, -0.2) is 42.0 Å². The molecule has 0 saturated carbocycles. The summed E-state index contributed by atoms with van der Waals surface area (Å²) < 4.78 is 73.4. The topological polar surface area (TPSA) is 90.3 Å². The number of ether oxygens (including phenoxy) is 1. The molecular formula is C23H24F3N3O4S. The highest BCUT2D eigenvalue weighted by Crippen LogP contribution is 2.35. The van der Waals surface area contributed by atoms with Gasteiger partial charge >= 0.3 is 6.09 Å². The predicted octanol–water partition coefficient (Wildman–Crippen LogP) is 4.09. The van der Waals surface area contributed by atoms with Gasteiger partial charge in [-0.25, -0.2) is 31.4 Å². The highest BCUT2D eigenvalue weighted by Gasteiger charge is 2.36. The van der Waals surface area contributed by atoms with Crippen LogP contribution in [-0.2, 0) is 27.5 Å². The highest BCUT2D eigenvalue weighted by atomic mass is 32.2. The molecule has 0 spiro atoms. The predicted molar refractivity (Wildman–Crippen MR) is 119 cm³/mol. The number of sulfone groups is 1. The monoisotopic (exact) mass is 495 g/mol.